The first-order chi connectivity index (χ1) is 8.95. The number of phenolic OH excluding ortho intramolecular Hbond substituents is 1. The van der Waals surface area contributed by atoms with Crippen molar-refractivity contribution in [2.24, 2.45) is 0 Å². The van der Waals surface area contributed by atoms with Crippen LogP contribution in [0.1, 0.15) is 16.8 Å². The van der Waals surface area contributed by atoms with Crippen LogP contribution in [0.3, 0.4) is 0 Å². The van der Waals surface area contributed by atoms with E-state index in [0.29, 0.717) is 12.2 Å². The van der Waals surface area contributed by atoms with E-state index in [9.17, 15) is 14.7 Å². The highest BCUT2D eigenvalue weighted by atomic mass is 127. The molecule has 0 aliphatic rings. The summed E-state index contributed by atoms with van der Waals surface area (Å²) in [7, 11) is 0. The zero-order valence-electron chi connectivity index (χ0n) is 10.2. The van der Waals surface area contributed by atoms with Crippen molar-refractivity contribution in [1.82, 2.24) is 5.32 Å². The van der Waals surface area contributed by atoms with E-state index in [-0.39, 0.29) is 11.3 Å². The maximum Gasteiger partial charge on any atom is 0.326 e. The molecular weight excluding hydrogens is 381 g/mol. The van der Waals surface area contributed by atoms with Gasteiger partial charge in [-0.25, -0.2) is 4.79 Å². The number of hydrogen-bond donors (Lipinski definition) is 3. The molecule has 19 heavy (non-hydrogen) atoms. The lowest BCUT2D eigenvalue weighted by atomic mass is 10.1. The third-order valence-electron chi connectivity index (χ3n) is 2.42. The molecule has 3 N–H and O–H groups in total. The third-order valence-corrected chi connectivity index (χ3v) is 3.73. The van der Waals surface area contributed by atoms with Crippen LogP contribution in [-0.2, 0) is 4.79 Å². The van der Waals surface area contributed by atoms with Gasteiger partial charge >= 0.3 is 5.97 Å². The summed E-state index contributed by atoms with van der Waals surface area (Å²) in [6, 6.07) is 3.64. The van der Waals surface area contributed by atoms with Crippen LogP contribution < -0.4 is 5.32 Å². The standard InChI is InChI=1S/C12H14INO4S/c1-19-5-4-9(12(17)18)14-11(16)8-6-7(13)2-3-10(8)15/h2-3,6,9,15H,4-5H2,1H3,(H,14,16)(H,17,18)/t9-/m0/s1. The van der Waals surface area contributed by atoms with Crippen molar-refractivity contribution < 1.29 is 19.8 Å². The molecule has 1 amide bonds. The Kier molecular flexibility index (Phi) is 6.43. The van der Waals surface area contributed by atoms with E-state index >= 15 is 0 Å². The molecule has 1 aromatic rings. The van der Waals surface area contributed by atoms with Crippen LogP contribution in [-0.4, -0.2) is 40.1 Å². The van der Waals surface area contributed by atoms with Gasteiger partial charge < -0.3 is 15.5 Å². The van der Waals surface area contributed by atoms with Crippen molar-refractivity contribution >= 4 is 46.2 Å². The van der Waals surface area contributed by atoms with E-state index in [1.807, 2.05) is 28.8 Å². The van der Waals surface area contributed by atoms with Crippen LogP contribution in [0, 0.1) is 3.57 Å². The Morgan fingerprint density at radius 3 is 2.74 bits per heavy atom. The molecule has 0 spiro atoms. The molecule has 0 fully saturated rings. The summed E-state index contributed by atoms with van der Waals surface area (Å²) in [5.74, 6) is -1.18. The number of carbonyl (C=O) groups excluding carboxylic acids is 1. The number of rotatable bonds is 6. The summed E-state index contributed by atoms with van der Waals surface area (Å²) in [6.07, 6.45) is 2.21. The lowest BCUT2D eigenvalue weighted by Crippen LogP contribution is -2.41. The van der Waals surface area contributed by atoms with E-state index in [0.717, 1.165) is 3.57 Å². The average molecular weight is 395 g/mol. The van der Waals surface area contributed by atoms with Gasteiger partial charge in [0.15, 0.2) is 0 Å². The van der Waals surface area contributed by atoms with Crippen LogP contribution in [0.4, 0.5) is 0 Å². The molecule has 0 saturated heterocycles. The van der Waals surface area contributed by atoms with Crippen LogP contribution in [0.15, 0.2) is 18.2 Å². The predicted molar refractivity (Wildman–Crippen MR) is 82.7 cm³/mol. The summed E-state index contributed by atoms with van der Waals surface area (Å²) in [5, 5.41) is 21.1. The maximum atomic E-state index is 12.0. The maximum absolute atomic E-state index is 12.0. The first-order valence-electron chi connectivity index (χ1n) is 5.46. The minimum absolute atomic E-state index is 0.0855. The van der Waals surface area contributed by atoms with Crippen molar-refractivity contribution in [2.45, 2.75) is 12.5 Å². The summed E-state index contributed by atoms with van der Waals surface area (Å²) >= 11 is 3.53. The molecule has 0 aromatic heterocycles. The molecule has 0 bridgehead atoms. The van der Waals surface area contributed by atoms with Gasteiger partial charge in [-0.1, -0.05) is 0 Å². The van der Waals surface area contributed by atoms with Crippen molar-refractivity contribution in [3.05, 3.63) is 27.3 Å². The van der Waals surface area contributed by atoms with Crippen molar-refractivity contribution in [1.29, 1.82) is 0 Å². The minimum Gasteiger partial charge on any atom is -0.507 e. The van der Waals surface area contributed by atoms with Gasteiger partial charge in [-0.05, 0) is 59.2 Å². The SMILES string of the molecule is CSCC[C@H](NC(=O)c1cc(I)ccc1O)C(=O)O. The average Bonchev–Trinajstić information content (AvgIpc) is 2.36. The van der Waals surface area contributed by atoms with Crippen molar-refractivity contribution in [2.75, 3.05) is 12.0 Å². The Balaban J connectivity index is 2.81. The number of nitrogens with one attached hydrogen (secondary N) is 1. The molecule has 1 atom stereocenters. The molecule has 104 valence electrons. The second-order valence-corrected chi connectivity index (χ2v) is 6.04. The molecule has 0 radical (unpaired) electrons. The molecule has 0 aliphatic heterocycles. The van der Waals surface area contributed by atoms with E-state index in [1.54, 1.807) is 6.07 Å². The number of carboxylic acid groups (broad SMARTS) is 1. The number of halogens is 1. The molecule has 0 aliphatic carbocycles. The molecule has 1 aromatic carbocycles. The van der Waals surface area contributed by atoms with Crippen molar-refractivity contribution in [3.8, 4) is 5.75 Å². The first kappa shape index (κ1) is 16.1. The van der Waals surface area contributed by atoms with Crippen LogP contribution in [0.25, 0.3) is 0 Å². The number of carboxylic acids is 1. The summed E-state index contributed by atoms with van der Waals surface area (Å²) < 4.78 is 0.788. The van der Waals surface area contributed by atoms with Gasteiger partial charge in [-0.2, -0.15) is 11.8 Å². The van der Waals surface area contributed by atoms with Crippen molar-refractivity contribution in [3.63, 3.8) is 0 Å². The highest BCUT2D eigenvalue weighted by Gasteiger charge is 2.21. The minimum atomic E-state index is -1.08. The Bertz CT molecular complexity index is 481. The number of thioether (sulfide) groups is 1. The monoisotopic (exact) mass is 395 g/mol. The van der Waals surface area contributed by atoms with Gasteiger partial charge in [0.25, 0.3) is 5.91 Å². The van der Waals surface area contributed by atoms with Crippen LogP contribution in [0.5, 0.6) is 5.75 Å². The quantitative estimate of drug-likeness (QED) is 0.641. The van der Waals surface area contributed by atoms with Gasteiger partial charge in [0.1, 0.15) is 11.8 Å². The van der Waals surface area contributed by atoms with E-state index in [1.165, 1.54) is 23.9 Å². The molecule has 0 unspecified atom stereocenters. The highest BCUT2D eigenvalue weighted by molar-refractivity contribution is 14.1. The fourth-order valence-electron chi connectivity index (χ4n) is 1.42. The van der Waals surface area contributed by atoms with Crippen LogP contribution in [0.2, 0.25) is 0 Å². The Hall–Kier alpha value is -0.960. The van der Waals surface area contributed by atoms with E-state index in [2.05, 4.69) is 5.32 Å². The lowest BCUT2D eigenvalue weighted by molar-refractivity contribution is -0.139. The van der Waals surface area contributed by atoms with Gasteiger partial charge in [-0.3, -0.25) is 4.79 Å². The number of amides is 1. The number of aromatic hydroxyl groups is 1. The van der Waals surface area contributed by atoms with Gasteiger partial charge in [0, 0.05) is 3.57 Å². The normalized spacial score (nSPS) is 11.9. The second kappa shape index (κ2) is 7.59. The van der Waals surface area contributed by atoms with Gasteiger partial charge in [0.05, 0.1) is 5.56 Å². The topological polar surface area (TPSA) is 86.6 Å². The first-order valence-corrected chi connectivity index (χ1v) is 7.94. The molecular formula is C12H14INO4S. The number of aliphatic carboxylic acids is 1. The fourth-order valence-corrected chi connectivity index (χ4v) is 2.38. The summed E-state index contributed by atoms with van der Waals surface area (Å²) in [4.78, 5) is 23.0. The molecule has 0 heterocycles. The Labute approximate surface area is 128 Å². The highest BCUT2D eigenvalue weighted by Crippen LogP contribution is 2.19. The molecule has 7 heteroatoms. The largest absolute Gasteiger partial charge is 0.507 e. The van der Waals surface area contributed by atoms with Gasteiger partial charge in [-0.15, -0.1) is 0 Å². The Morgan fingerprint density at radius 2 is 2.16 bits per heavy atom. The number of benzene rings is 1. The van der Waals surface area contributed by atoms with E-state index < -0.39 is 17.9 Å². The number of hydrogen-bond acceptors (Lipinski definition) is 4. The molecule has 5 nitrogen and oxygen atoms in total. The Morgan fingerprint density at radius 1 is 1.47 bits per heavy atom. The molecule has 1 rings (SSSR count). The number of carbonyl (C=O) groups is 2. The van der Waals surface area contributed by atoms with E-state index in [4.69, 9.17) is 5.11 Å². The second-order valence-electron chi connectivity index (χ2n) is 3.81. The smallest absolute Gasteiger partial charge is 0.326 e. The zero-order valence-corrected chi connectivity index (χ0v) is 13.2. The summed E-state index contributed by atoms with van der Waals surface area (Å²) in [5.41, 5.74) is 0.0855. The third kappa shape index (κ3) is 4.90. The van der Waals surface area contributed by atoms with Gasteiger partial charge in [0.2, 0.25) is 0 Å². The lowest BCUT2D eigenvalue weighted by Gasteiger charge is -2.14. The fraction of sp³-hybridized carbons (Fsp3) is 0.333. The molecule has 0 saturated carbocycles. The zero-order chi connectivity index (χ0) is 14.4. The van der Waals surface area contributed by atoms with Crippen LogP contribution >= 0.6 is 34.4 Å². The number of phenols is 1. The predicted octanol–water partition coefficient (Wildman–Crippen LogP) is 1.93. The summed E-state index contributed by atoms with van der Waals surface area (Å²) in [6.45, 7) is 0.